The Bertz CT molecular complexity index is 1370. The van der Waals surface area contributed by atoms with Crippen LogP contribution in [-0.2, 0) is 37.6 Å². The Labute approximate surface area is 340 Å². The first-order valence-corrected chi connectivity index (χ1v) is 23.1. The Kier molecular flexibility index (Phi) is 20.8. The van der Waals surface area contributed by atoms with Gasteiger partial charge in [-0.1, -0.05) is 211 Å². The minimum absolute atomic E-state index is 0.00791. The van der Waals surface area contributed by atoms with Crippen LogP contribution in [-0.4, -0.2) is 17.5 Å². The molecule has 0 spiro atoms. The highest BCUT2D eigenvalue weighted by atomic mass is 31.2. The Morgan fingerprint density at radius 1 is 0.564 bits per heavy atom. The molecule has 0 fully saturated rings. The van der Waals surface area contributed by atoms with Crippen molar-refractivity contribution < 1.29 is 23.5 Å². The van der Waals surface area contributed by atoms with E-state index in [-0.39, 0.29) is 27.6 Å². The predicted octanol–water partition coefficient (Wildman–Crippen LogP) is 15.3. The highest BCUT2D eigenvalue weighted by molar-refractivity contribution is 7.41. The maximum atomic E-state index is 12.8. The lowest BCUT2D eigenvalue weighted by atomic mass is 9.78. The molecule has 2 aromatic carbocycles. The quantitative estimate of drug-likeness (QED) is 0.0653. The second kappa shape index (κ2) is 23.3. The van der Waals surface area contributed by atoms with Crippen LogP contribution in [0.25, 0.3) is 0 Å². The van der Waals surface area contributed by atoms with E-state index in [1.54, 1.807) is 0 Å². The van der Waals surface area contributed by atoms with Crippen molar-refractivity contribution in [1.82, 2.24) is 0 Å². The Morgan fingerprint density at radius 2 is 1.00 bits per heavy atom. The first-order chi connectivity index (χ1) is 25.6. The number of esters is 1. The molecule has 0 saturated carbocycles. The molecule has 55 heavy (non-hydrogen) atoms. The standard InChI is InChI=1S/C49H83O5P/c1-14-15-16-17-18-19-20-21-22-23-24-25-26-27-28-29-34-52-44(50)33-30-38-35-41(48(8,9)10)45(42(36-38)49(11,12)13)54-55(51)53-43-32-31-39(46(2,3)4)37-40(43)47(5,6)7/h31-32,35-37,51H,14-30,33-34H2,1-13H3. The fourth-order valence-electron chi connectivity index (χ4n) is 7.04. The molecule has 6 heteroatoms. The summed E-state index contributed by atoms with van der Waals surface area (Å²) in [4.78, 5) is 24.2. The van der Waals surface area contributed by atoms with E-state index >= 15 is 0 Å². The molecular weight excluding hydrogens is 700 g/mol. The molecule has 0 aliphatic heterocycles. The Balaban J connectivity index is 1.91. The van der Waals surface area contributed by atoms with Gasteiger partial charge in [0.15, 0.2) is 0 Å². The fraction of sp³-hybridized carbons (Fsp3) is 0.735. The molecule has 5 nitrogen and oxygen atoms in total. The van der Waals surface area contributed by atoms with Gasteiger partial charge in [-0.15, -0.1) is 0 Å². The van der Waals surface area contributed by atoms with Gasteiger partial charge in [-0.2, -0.15) is 0 Å². The number of carbonyl (C=O) groups excluding carboxylic acids is 1. The summed E-state index contributed by atoms with van der Waals surface area (Å²) in [6, 6.07) is 10.5. The van der Waals surface area contributed by atoms with E-state index in [2.05, 4.69) is 114 Å². The third-order valence-corrected chi connectivity index (χ3v) is 11.3. The first kappa shape index (κ1) is 49.0. The number of carbonyl (C=O) groups is 1. The van der Waals surface area contributed by atoms with Gasteiger partial charge in [0, 0.05) is 23.1 Å². The first-order valence-electron chi connectivity index (χ1n) is 22.0. The zero-order valence-electron chi connectivity index (χ0n) is 37.8. The minimum atomic E-state index is -2.28. The third-order valence-electron chi connectivity index (χ3n) is 10.6. The third kappa shape index (κ3) is 18.8. The number of ether oxygens (including phenoxy) is 1. The molecule has 1 N–H and O–H groups in total. The number of aryl methyl sites for hydroxylation is 1. The van der Waals surface area contributed by atoms with Crippen LogP contribution in [0.4, 0.5) is 0 Å². The van der Waals surface area contributed by atoms with E-state index in [9.17, 15) is 9.69 Å². The summed E-state index contributed by atoms with van der Waals surface area (Å²) in [6.45, 7) is 28.8. The van der Waals surface area contributed by atoms with Crippen LogP contribution in [0, 0.1) is 0 Å². The van der Waals surface area contributed by atoms with Crippen molar-refractivity contribution in [2.45, 2.75) is 227 Å². The van der Waals surface area contributed by atoms with Gasteiger partial charge in [-0.05, 0) is 51.7 Å². The maximum Gasteiger partial charge on any atom is 0.460 e. The predicted molar refractivity (Wildman–Crippen MR) is 237 cm³/mol. The van der Waals surface area contributed by atoms with Crippen LogP contribution in [0.5, 0.6) is 11.5 Å². The molecule has 0 aromatic heterocycles. The SMILES string of the molecule is CCCCCCCCCCCCCCCCCCOC(=O)CCc1cc(C(C)(C)C)c(OP(O)Oc2ccc(C(C)(C)C)cc2C(C)(C)C)c(C(C)(C)C)c1. The van der Waals surface area contributed by atoms with Crippen molar-refractivity contribution in [3.8, 4) is 11.5 Å². The van der Waals surface area contributed by atoms with Crippen molar-refractivity contribution >= 4 is 14.6 Å². The summed E-state index contributed by atoms with van der Waals surface area (Å²) in [5.41, 5.74) is 4.55. The van der Waals surface area contributed by atoms with Crippen LogP contribution >= 0.6 is 8.60 Å². The van der Waals surface area contributed by atoms with E-state index in [4.69, 9.17) is 13.8 Å². The van der Waals surface area contributed by atoms with E-state index < -0.39 is 8.60 Å². The van der Waals surface area contributed by atoms with E-state index in [1.807, 2.05) is 6.07 Å². The second-order valence-corrected chi connectivity index (χ2v) is 21.0. The topological polar surface area (TPSA) is 65.0 Å². The number of rotatable bonds is 24. The fourth-order valence-corrected chi connectivity index (χ4v) is 7.76. The zero-order chi connectivity index (χ0) is 41.3. The van der Waals surface area contributed by atoms with Crippen molar-refractivity contribution in [2.75, 3.05) is 6.61 Å². The van der Waals surface area contributed by atoms with Crippen molar-refractivity contribution in [1.29, 1.82) is 0 Å². The molecule has 1 unspecified atom stereocenters. The number of hydrogen-bond donors (Lipinski definition) is 1. The number of unbranched alkanes of at least 4 members (excludes halogenated alkanes) is 15. The Morgan fingerprint density at radius 3 is 1.42 bits per heavy atom. The summed E-state index contributed by atoms with van der Waals surface area (Å²) in [6.07, 6.45) is 22.2. The van der Waals surface area contributed by atoms with Crippen LogP contribution in [0.3, 0.4) is 0 Å². The molecular formula is C49H83O5P. The van der Waals surface area contributed by atoms with Gasteiger partial charge in [0.2, 0.25) is 0 Å². The summed E-state index contributed by atoms with van der Waals surface area (Å²) < 4.78 is 18.3. The van der Waals surface area contributed by atoms with Gasteiger partial charge >= 0.3 is 14.6 Å². The van der Waals surface area contributed by atoms with E-state index in [0.717, 1.165) is 35.1 Å². The summed E-state index contributed by atoms with van der Waals surface area (Å²) in [5, 5.41) is 0. The van der Waals surface area contributed by atoms with Gasteiger partial charge in [0.1, 0.15) is 11.5 Å². The lowest BCUT2D eigenvalue weighted by Crippen LogP contribution is -2.20. The summed E-state index contributed by atoms with van der Waals surface area (Å²) in [5.74, 6) is 1.15. The van der Waals surface area contributed by atoms with Crippen molar-refractivity contribution in [2.24, 2.45) is 0 Å². The molecule has 1 atom stereocenters. The van der Waals surface area contributed by atoms with E-state index in [1.165, 1.54) is 95.5 Å². The molecule has 0 bridgehead atoms. The molecule has 0 saturated heterocycles. The van der Waals surface area contributed by atoms with Crippen LogP contribution < -0.4 is 9.05 Å². The molecule has 2 aromatic rings. The van der Waals surface area contributed by atoms with Crippen molar-refractivity contribution in [3.05, 3.63) is 58.1 Å². The van der Waals surface area contributed by atoms with Crippen LogP contribution in [0.15, 0.2) is 30.3 Å². The molecule has 0 heterocycles. The molecule has 2 rings (SSSR count). The van der Waals surface area contributed by atoms with Gasteiger partial charge < -0.3 is 18.7 Å². The number of benzene rings is 2. The molecule has 0 amide bonds. The minimum Gasteiger partial charge on any atom is -0.466 e. The zero-order valence-corrected chi connectivity index (χ0v) is 38.7. The normalized spacial score (nSPS) is 13.2. The van der Waals surface area contributed by atoms with Gasteiger partial charge in [0.25, 0.3) is 0 Å². The molecule has 0 aliphatic rings. The highest BCUT2D eigenvalue weighted by Crippen LogP contribution is 2.48. The lowest BCUT2D eigenvalue weighted by molar-refractivity contribution is -0.143. The lowest BCUT2D eigenvalue weighted by Gasteiger charge is -2.31. The summed E-state index contributed by atoms with van der Waals surface area (Å²) in [7, 11) is -2.28. The highest BCUT2D eigenvalue weighted by Gasteiger charge is 2.31. The molecule has 0 aliphatic carbocycles. The molecule has 314 valence electrons. The summed E-state index contributed by atoms with van der Waals surface area (Å²) >= 11 is 0. The average molecular weight is 783 g/mol. The average Bonchev–Trinajstić information content (AvgIpc) is 3.07. The number of hydrogen-bond acceptors (Lipinski definition) is 5. The Hall–Kier alpha value is -2.10. The van der Waals surface area contributed by atoms with Gasteiger partial charge in [0.05, 0.1) is 6.61 Å². The second-order valence-electron chi connectivity index (χ2n) is 20.2. The van der Waals surface area contributed by atoms with Gasteiger partial charge in [-0.25, -0.2) is 0 Å². The van der Waals surface area contributed by atoms with E-state index in [0.29, 0.717) is 30.9 Å². The van der Waals surface area contributed by atoms with Gasteiger partial charge in [-0.3, -0.25) is 4.79 Å². The molecule has 0 radical (unpaired) electrons. The van der Waals surface area contributed by atoms with Crippen LogP contribution in [0.1, 0.15) is 227 Å². The maximum absolute atomic E-state index is 12.8. The van der Waals surface area contributed by atoms with Crippen molar-refractivity contribution in [3.63, 3.8) is 0 Å². The monoisotopic (exact) mass is 783 g/mol. The van der Waals surface area contributed by atoms with Crippen LogP contribution in [0.2, 0.25) is 0 Å². The smallest absolute Gasteiger partial charge is 0.460 e. The largest absolute Gasteiger partial charge is 0.466 e.